The molecule has 84 valence electrons. The highest BCUT2D eigenvalue weighted by Crippen LogP contribution is 2.06. The van der Waals surface area contributed by atoms with Crippen LogP contribution in [0.25, 0.3) is 0 Å². The third-order valence-corrected chi connectivity index (χ3v) is 3.87. The van der Waals surface area contributed by atoms with E-state index in [0.717, 1.165) is 5.56 Å². The molecule has 4 nitrogen and oxygen atoms in total. The number of sulfonamides is 1. The maximum Gasteiger partial charge on any atom is 0.214 e. The Labute approximate surface area is 90.5 Å². The van der Waals surface area contributed by atoms with Crippen LogP contribution in [0.15, 0.2) is 24.3 Å². The van der Waals surface area contributed by atoms with Crippen molar-refractivity contribution in [3.05, 3.63) is 29.8 Å². The smallest absolute Gasteiger partial charge is 0.214 e. The first-order chi connectivity index (χ1) is 6.92. The highest BCUT2D eigenvalue weighted by molar-refractivity contribution is 7.90. The van der Waals surface area contributed by atoms with E-state index < -0.39 is 15.3 Å². The molecule has 0 unspecified atom stereocenters. The molecule has 0 saturated carbocycles. The first-order valence-electron chi connectivity index (χ1n) is 4.75. The Bertz CT molecular complexity index is 410. The number of hydrogen-bond acceptors (Lipinski definition) is 3. The molecule has 1 rings (SSSR count). The van der Waals surface area contributed by atoms with E-state index in [-0.39, 0.29) is 0 Å². The molecule has 0 bridgehead atoms. The summed E-state index contributed by atoms with van der Waals surface area (Å²) < 4.78 is 25.4. The highest BCUT2D eigenvalue weighted by Gasteiger charge is 2.14. The molecule has 0 saturated heterocycles. The Morgan fingerprint density at radius 3 is 2.27 bits per heavy atom. The molecule has 0 spiro atoms. The molecule has 0 heterocycles. The Hall–Kier alpha value is -1.07. The minimum atomic E-state index is -3.19. The monoisotopic (exact) mass is 228 g/mol. The van der Waals surface area contributed by atoms with E-state index in [9.17, 15) is 8.42 Å². The zero-order valence-electron chi connectivity index (χ0n) is 8.90. The van der Waals surface area contributed by atoms with Crippen molar-refractivity contribution in [2.45, 2.75) is 25.6 Å². The molecule has 0 aromatic heterocycles. The topological polar surface area (TPSA) is 72.2 Å². The lowest BCUT2D eigenvalue weighted by atomic mass is 10.2. The van der Waals surface area contributed by atoms with Gasteiger partial charge in [-0.1, -0.05) is 12.1 Å². The van der Waals surface area contributed by atoms with E-state index in [0.29, 0.717) is 12.2 Å². The van der Waals surface area contributed by atoms with Crippen molar-refractivity contribution < 1.29 is 8.42 Å². The number of rotatable bonds is 4. The van der Waals surface area contributed by atoms with Gasteiger partial charge in [-0.25, -0.2) is 13.1 Å². The molecule has 3 N–H and O–H groups in total. The predicted molar refractivity (Wildman–Crippen MR) is 61.7 cm³/mol. The second kappa shape index (κ2) is 4.63. The van der Waals surface area contributed by atoms with Gasteiger partial charge in [0.25, 0.3) is 0 Å². The average molecular weight is 228 g/mol. The zero-order chi connectivity index (χ0) is 11.5. The Balaban J connectivity index is 2.62. The molecule has 0 atom stereocenters. The summed E-state index contributed by atoms with van der Waals surface area (Å²) in [5.41, 5.74) is 7.09. The summed E-state index contributed by atoms with van der Waals surface area (Å²) in [6.45, 7) is 3.59. The van der Waals surface area contributed by atoms with Crippen LogP contribution >= 0.6 is 0 Å². The molecule has 1 aromatic carbocycles. The van der Waals surface area contributed by atoms with Crippen molar-refractivity contribution >= 4 is 15.7 Å². The molecule has 15 heavy (non-hydrogen) atoms. The SMILES string of the molecule is CC(C)S(=O)(=O)NCc1ccc(N)cc1. The fourth-order valence-electron chi connectivity index (χ4n) is 0.986. The summed E-state index contributed by atoms with van der Waals surface area (Å²) in [6.07, 6.45) is 0. The number of benzene rings is 1. The van der Waals surface area contributed by atoms with Gasteiger partial charge in [0.1, 0.15) is 0 Å². The van der Waals surface area contributed by atoms with Gasteiger partial charge in [-0.2, -0.15) is 0 Å². The second-order valence-corrected chi connectivity index (χ2v) is 5.98. The summed E-state index contributed by atoms with van der Waals surface area (Å²) in [5, 5.41) is -0.411. The lowest BCUT2D eigenvalue weighted by Crippen LogP contribution is -2.30. The van der Waals surface area contributed by atoms with Crippen LogP contribution in [0.5, 0.6) is 0 Å². The lowest BCUT2D eigenvalue weighted by Gasteiger charge is -2.09. The maximum atomic E-state index is 11.4. The highest BCUT2D eigenvalue weighted by atomic mass is 32.2. The van der Waals surface area contributed by atoms with Crippen molar-refractivity contribution in [3.8, 4) is 0 Å². The third kappa shape index (κ3) is 3.53. The van der Waals surface area contributed by atoms with E-state index in [1.807, 2.05) is 0 Å². The molecule has 0 aliphatic carbocycles. The normalized spacial score (nSPS) is 11.9. The van der Waals surface area contributed by atoms with Crippen molar-refractivity contribution in [2.24, 2.45) is 0 Å². The largest absolute Gasteiger partial charge is 0.399 e. The van der Waals surface area contributed by atoms with Crippen LogP contribution in [-0.4, -0.2) is 13.7 Å². The molecular weight excluding hydrogens is 212 g/mol. The van der Waals surface area contributed by atoms with Crippen LogP contribution in [0, 0.1) is 0 Å². The van der Waals surface area contributed by atoms with E-state index in [1.165, 1.54) is 0 Å². The van der Waals surface area contributed by atoms with E-state index in [4.69, 9.17) is 5.73 Å². The van der Waals surface area contributed by atoms with Crippen LogP contribution in [0.2, 0.25) is 0 Å². The summed E-state index contributed by atoms with van der Waals surface area (Å²) in [4.78, 5) is 0. The van der Waals surface area contributed by atoms with Gasteiger partial charge in [0.2, 0.25) is 10.0 Å². The Morgan fingerprint density at radius 1 is 1.27 bits per heavy atom. The molecular formula is C10H16N2O2S. The molecule has 0 amide bonds. The number of hydrogen-bond donors (Lipinski definition) is 2. The number of anilines is 1. The molecule has 0 fully saturated rings. The molecule has 0 aliphatic heterocycles. The minimum absolute atomic E-state index is 0.306. The summed E-state index contributed by atoms with van der Waals surface area (Å²) in [5.74, 6) is 0. The van der Waals surface area contributed by atoms with Gasteiger partial charge in [-0.05, 0) is 31.5 Å². The number of nitrogens with two attached hydrogens (primary N) is 1. The standard InChI is InChI=1S/C10H16N2O2S/c1-8(2)15(13,14)12-7-9-3-5-10(11)6-4-9/h3-6,8,12H,7,11H2,1-2H3. The molecule has 5 heteroatoms. The summed E-state index contributed by atoms with van der Waals surface area (Å²) >= 11 is 0. The van der Waals surface area contributed by atoms with Gasteiger partial charge in [0.05, 0.1) is 5.25 Å². The fourth-order valence-corrected chi connectivity index (χ4v) is 1.69. The van der Waals surface area contributed by atoms with Gasteiger partial charge in [0, 0.05) is 12.2 Å². The van der Waals surface area contributed by atoms with Crippen LogP contribution in [0.4, 0.5) is 5.69 Å². The van der Waals surface area contributed by atoms with E-state index >= 15 is 0 Å². The van der Waals surface area contributed by atoms with Gasteiger partial charge in [0.15, 0.2) is 0 Å². The minimum Gasteiger partial charge on any atom is -0.399 e. The van der Waals surface area contributed by atoms with Crippen LogP contribution in [-0.2, 0) is 16.6 Å². The van der Waals surface area contributed by atoms with E-state index in [2.05, 4.69) is 4.72 Å². The summed E-state index contributed by atoms with van der Waals surface area (Å²) in [6, 6.07) is 7.11. The van der Waals surface area contributed by atoms with E-state index in [1.54, 1.807) is 38.1 Å². The zero-order valence-corrected chi connectivity index (χ0v) is 9.71. The number of nitrogens with one attached hydrogen (secondary N) is 1. The van der Waals surface area contributed by atoms with Gasteiger partial charge >= 0.3 is 0 Å². The predicted octanol–water partition coefficient (Wildman–Crippen LogP) is 1.10. The molecule has 1 aromatic rings. The molecule has 0 aliphatic rings. The first-order valence-corrected chi connectivity index (χ1v) is 6.29. The first kappa shape index (κ1) is 12.0. The van der Waals surface area contributed by atoms with Crippen LogP contribution in [0.1, 0.15) is 19.4 Å². The van der Waals surface area contributed by atoms with Gasteiger partial charge in [-0.3, -0.25) is 0 Å². The fraction of sp³-hybridized carbons (Fsp3) is 0.400. The van der Waals surface area contributed by atoms with Crippen molar-refractivity contribution in [1.82, 2.24) is 4.72 Å². The third-order valence-electron chi connectivity index (χ3n) is 2.08. The molecule has 0 radical (unpaired) electrons. The van der Waals surface area contributed by atoms with Crippen molar-refractivity contribution in [1.29, 1.82) is 0 Å². The van der Waals surface area contributed by atoms with Crippen LogP contribution in [0.3, 0.4) is 0 Å². The van der Waals surface area contributed by atoms with Crippen molar-refractivity contribution in [3.63, 3.8) is 0 Å². The Morgan fingerprint density at radius 2 is 1.80 bits per heavy atom. The average Bonchev–Trinajstić information content (AvgIpc) is 2.17. The Kier molecular flexibility index (Phi) is 3.71. The quantitative estimate of drug-likeness (QED) is 0.758. The number of nitrogen functional groups attached to an aromatic ring is 1. The van der Waals surface area contributed by atoms with Crippen molar-refractivity contribution in [2.75, 3.05) is 5.73 Å². The maximum absolute atomic E-state index is 11.4. The lowest BCUT2D eigenvalue weighted by molar-refractivity contribution is 0.572. The second-order valence-electron chi connectivity index (χ2n) is 3.66. The van der Waals surface area contributed by atoms with Gasteiger partial charge in [-0.15, -0.1) is 0 Å². The van der Waals surface area contributed by atoms with Crippen LogP contribution < -0.4 is 10.5 Å². The van der Waals surface area contributed by atoms with Gasteiger partial charge < -0.3 is 5.73 Å². The summed E-state index contributed by atoms with van der Waals surface area (Å²) in [7, 11) is -3.19.